The molecular weight excluding hydrogens is 645 g/mol. The molecule has 0 unspecified atom stereocenters. The maximum atomic E-state index is 12.1. The third-order valence-electron chi connectivity index (χ3n) is 17.6. The highest BCUT2D eigenvalue weighted by Gasteiger charge is 2.60. The highest BCUT2D eigenvalue weighted by atomic mass is 16.2. The van der Waals surface area contributed by atoms with Crippen molar-refractivity contribution in [2.24, 2.45) is 69.0 Å². The van der Waals surface area contributed by atoms with Crippen LogP contribution in [-0.4, -0.2) is 44.0 Å². The molecule has 2 N–H and O–H groups in total. The molecular formula is C44H62N6O2. The van der Waals surface area contributed by atoms with Crippen molar-refractivity contribution in [3.8, 4) is 0 Å². The van der Waals surface area contributed by atoms with E-state index in [0.717, 1.165) is 74.3 Å². The van der Waals surface area contributed by atoms with E-state index in [0.29, 0.717) is 22.7 Å². The van der Waals surface area contributed by atoms with Crippen LogP contribution in [0.25, 0.3) is 11.4 Å². The van der Waals surface area contributed by atoms with Crippen molar-refractivity contribution in [2.45, 2.75) is 118 Å². The Morgan fingerprint density at radius 3 is 1.75 bits per heavy atom. The Bertz CT molecular complexity index is 1650. The second-order valence-corrected chi connectivity index (χ2v) is 19.4. The fourth-order valence-electron chi connectivity index (χ4n) is 14.7. The van der Waals surface area contributed by atoms with Crippen LogP contribution in [0.2, 0.25) is 0 Å². The fourth-order valence-corrected chi connectivity index (χ4v) is 14.7. The summed E-state index contributed by atoms with van der Waals surface area (Å²) < 4.78 is 4.50. The van der Waals surface area contributed by atoms with Gasteiger partial charge >= 0.3 is 0 Å². The number of imidazole rings is 2. The van der Waals surface area contributed by atoms with E-state index in [9.17, 15) is 9.59 Å². The van der Waals surface area contributed by atoms with Crippen molar-refractivity contribution < 1.29 is 9.59 Å². The lowest BCUT2D eigenvalue weighted by atomic mass is 9.46. The average Bonchev–Trinajstić information content (AvgIpc) is 3.93. The van der Waals surface area contributed by atoms with Crippen LogP contribution in [0.1, 0.15) is 118 Å². The number of hydrogen-bond acceptors (Lipinski definition) is 4. The standard InChI is InChI=1S/2C22H31N3O/c1-21-10-8-20(26)24-13-15(21)3-4-16-17-5-6-19(25-12-11-23-14-25)22(17,2)9-7-18(16)21;1-21-9-10-24-20(26)13-15(21)3-4-16-17-5-6-19(25-12-11-23-14-25)22(17,2)8-7-18(16)21/h2*6,11-12,14-18H,3-5,7-10,13H2,1-2H3,(H,24,26)/t2*15-,16-,17-,18-,21-,22-/m00/s1. The van der Waals surface area contributed by atoms with Gasteiger partial charge in [-0.3, -0.25) is 9.59 Å². The van der Waals surface area contributed by atoms with Gasteiger partial charge in [0.25, 0.3) is 0 Å². The summed E-state index contributed by atoms with van der Waals surface area (Å²) in [6.07, 6.45) is 33.4. The molecule has 4 heterocycles. The number of fused-ring (bicyclic) bond motifs is 10. The molecule has 10 rings (SSSR count). The third-order valence-corrected chi connectivity index (χ3v) is 17.6. The number of carbonyl (C=O) groups is 2. The third kappa shape index (κ3) is 5.26. The minimum Gasteiger partial charge on any atom is -0.356 e. The largest absolute Gasteiger partial charge is 0.356 e. The number of amides is 2. The van der Waals surface area contributed by atoms with E-state index in [1.807, 2.05) is 25.0 Å². The van der Waals surface area contributed by atoms with Gasteiger partial charge in [0.05, 0.1) is 12.7 Å². The molecule has 2 aliphatic heterocycles. The number of allylic oxidation sites excluding steroid dienone is 4. The second-order valence-electron chi connectivity index (χ2n) is 19.4. The van der Waals surface area contributed by atoms with Gasteiger partial charge in [0.2, 0.25) is 11.8 Å². The molecule has 2 aromatic heterocycles. The molecule has 0 aromatic carbocycles. The van der Waals surface area contributed by atoms with Crippen LogP contribution in [0.5, 0.6) is 0 Å². The quantitative estimate of drug-likeness (QED) is 0.329. The predicted octanol–water partition coefficient (Wildman–Crippen LogP) is 8.21. The first-order chi connectivity index (χ1) is 25.0. The van der Waals surface area contributed by atoms with Crippen molar-refractivity contribution in [1.82, 2.24) is 29.7 Å². The molecule has 280 valence electrons. The smallest absolute Gasteiger partial charge is 0.220 e. The lowest BCUT2D eigenvalue weighted by molar-refractivity contribution is -0.124. The van der Waals surface area contributed by atoms with E-state index in [1.165, 1.54) is 75.6 Å². The van der Waals surface area contributed by atoms with E-state index in [-0.39, 0.29) is 22.6 Å². The molecule has 0 radical (unpaired) electrons. The van der Waals surface area contributed by atoms with Crippen molar-refractivity contribution in [1.29, 1.82) is 0 Å². The number of hydrogen-bond donors (Lipinski definition) is 2. The molecule has 8 aliphatic rings. The zero-order chi connectivity index (χ0) is 35.9. The summed E-state index contributed by atoms with van der Waals surface area (Å²) in [4.78, 5) is 32.7. The van der Waals surface area contributed by atoms with Crippen LogP contribution in [0, 0.1) is 69.0 Å². The summed E-state index contributed by atoms with van der Waals surface area (Å²) in [5, 5.41) is 6.33. The average molecular weight is 707 g/mol. The van der Waals surface area contributed by atoms with Crippen LogP contribution >= 0.6 is 0 Å². The van der Waals surface area contributed by atoms with Gasteiger partial charge in [-0.2, -0.15) is 0 Å². The first kappa shape index (κ1) is 34.6. The highest BCUT2D eigenvalue weighted by molar-refractivity contribution is 5.77. The number of rotatable bonds is 2. The first-order valence-corrected chi connectivity index (χ1v) is 21.0. The molecule has 8 nitrogen and oxygen atoms in total. The monoisotopic (exact) mass is 706 g/mol. The van der Waals surface area contributed by atoms with E-state index in [4.69, 9.17) is 0 Å². The summed E-state index contributed by atoms with van der Waals surface area (Å²) in [6, 6.07) is 0. The molecule has 6 fully saturated rings. The van der Waals surface area contributed by atoms with Crippen molar-refractivity contribution in [3.05, 3.63) is 49.6 Å². The summed E-state index contributed by atoms with van der Waals surface area (Å²) >= 11 is 0. The van der Waals surface area contributed by atoms with Gasteiger partial charge < -0.3 is 19.8 Å². The van der Waals surface area contributed by atoms with Crippen LogP contribution in [-0.2, 0) is 9.59 Å². The maximum absolute atomic E-state index is 12.1. The van der Waals surface area contributed by atoms with Gasteiger partial charge in [0.1, 0.15) is 0 Å². The lowest BCUT2D eigenvalue weighted by Gasteiger charge is -2.58. The van der Waals surface area contributed by atoms with Gasteiger partial charge in [-0.1, -0.05) is 39.8 Å². The maximum Gasteiger partial charge on any atom is 0.220 e. The molecule has 2 amide bonds. The van der Waals surface area contributed by atoms with Crippen LogP contribution in [0.4, 0.5) is 0 Å². The van der Waals surface area contributed by atoms with Gasteiger partial charge in [-0.25, -0.2) is 9.97 Å². The van der Waals surface area contributed by atoms with Gasteiger partial charge in [-0.15, -0.1) is 0 Å². The Balaban J connectivity index is 0.000000138. The van der Waals surface area contributed by atoms with Crippen molar-refractivity contribution in [2.75, 3.05) is 13.1 Å². The minimum absolute atomic E-state index is 0.266. The Kier molecular flexibility index (Phi) is 8.46. The van der Waals surface area contributed by atoms with Gasteiger partial charge in [-0.05, 0) is 135 Å². The number of carbonyl (C=O) groups excluding carboxylic acids is 2. The molecule has 52 heavy (non-hydrogen) atoms. The molecule has 2 saturated heterocycles. The Hall–Kier alpha value is -3.16. The summed E-state index contributed by atoms with van der Waals surface area (Å²) in [7, 11) is 0. The van der Waals surface area contributed by atoms with E-state index in [1.54, 1.807) is 0 Å². The summed E-state index contributed by atoms with van der Waals surface area (Å²) in [5.74, 6) is 6.48. The van der Waals surface area contributed by atoms with Crippen LogP contribution in [0.15, 0.2) is 49.6 Å². The van der Waals surface area contributed by atoms with E-state index >= 15 is 0 Å². The molecule has 2 aromatic rings. The molecule has 6 aliphatic carbocycles. The normalized spacial score (nSPS) is 45.0. The number of nitrogens with one attached hydrogen (secondary N) is 2. The lowest BCUT2D eigenvalue weighted by Crippen LogP contribution is -2.52. The summed E-state index contributed by atoms with van der Waals surface area (Å²) in [6.45, 7) is 11.8. The Morgan fingerprint density at radius 1 is 0.635 bits per heavy atom. The second kappa shape index (κ2) is 12.7. The molecule has 12 atom stereocenters. The zero-order valence-electron chi connectivity index (χ0n) is 32.2. The molecule has 0 spiro atoms. The predicted molar refractivity (Wildman–Crippen MR) is 204 cm³/mol. The Labute approximate surface area is 311 Å². The number of nitrogens with zero attached hydrogens (tertiary/aromatic N) is 4. The molecule has 8 heteroatoms. The fraction of sp³-hybridized carbons (Fsp3) is 0.727. The van der Waals surface area contributed by atoms with Crippen LogP contribution in [0.3, 0.4) is 0 Å². The van der Waals surface area contributed by atoms with E-state index in [2.05, 4.69) is 82.0 Å². The zero-order valence-corrected chi connectivity index (χ0v) is 32.2. The van der Waals surface area contributed by atoms with E-state index < -0.39 is 0 Å². The molecule has 4 saturated carbocycles. The first-order valence-electron chi connectivity index (χ1n) is 21.0. The minimum atomic E-state index is 0.266. The van der Waals surface area contributed by atoms with Crippen LogP contribution < -0.4 is 10.6 Å². The van der Waals surface area contributed by atoms with Gasteiger partial charge in [0.15, 0.2) is 0 Å². The Morgan fingerprint density at radius 2 is 1.19 bits per heavy atom. The van der Waals surface area contributed by atoms with Crippen molar-refractivity contribution >= 4 is 23.2 Å². The topological polar surface area (TPSA) is 93.8 Å². The van der Waals surface area contributed by atoms with Crippen molar-refractivity contribution in [3.63, 3.8) is 0 Å². The number of aromatic nitrogens is 4. The SMILES string of the molecule is C[C@]12CCC(=O)NC[C@@H]1CC[C@@H]1[C@@H]2CC[C@]2(C)C(n3ccnc3)=CC[C@@H]12.C[C@]12CCNC(=O)C[C@@H]1CC[C@@H]1[C@@H]2CC[C@]2(C)C(n3ccnc3)=CC[C@@H]12. The molecule has 0 bridgehead atoms. The summed E-state index contributed by atoms with van der Waals surface area (Å²) in [5.41, 5.74) is 4.18. The van der Waals surface area contributed by atoms with Gasteiger partial charge in [0, 0.05) is 72.9 Å². The highest BCUT2D eigenvalue weighted by Crippen LogP contribution is 2.67.